The molecule has 2 heteroatoms. The van der Waals surface area contributed by atoms with Crippen molar-refractivity contribution in [3.63, 3.8) is 0 Å². The predicted molar refractivity (Wildman–Crippen MR) is 81.5 cm³/mol. The van der Waals surface area contributed by atoms with Crippen LogP contribution in [0.3, 0.4) is 0 Å². The molecule has 5 atom stereocenters. The maximum absolute atomic E-state index is 12.8. The van der Waals surface area contributed by atoms with Crippen LogP contribution in [-0.2, 0) is 9.53 Å². The number of hydrogen-bond donors (Lipinski definition) is 0. The van der Waals surface area contributed by atoms with Crippen LogP contribution in [0, 0.1) is 10.8 Å². The fourth-order valence-corrected chi connectivity index (χ4v) is 6.39. The summed E-state index contributed by atoms with van der Waals surface area (Å²) in [5.41, 5.74) is 3.99. The van der Waals surface area contributed by atoms with Gasteiger partial charge in [-0.25, -0.2) is 0 Å². The first-order chi connectivity index (χ1) is 10.8. The molecule has 1 spiro atoms. The summed E-state index contributed by atoms with van der Waals surface area (Å²) < 4.78 is 5.59. The molecule has 0 aromatic heterocycles. The molecular formula is C20H16O2. The second-order valence-electron chi connectivity index (χ2n) is 7.30. The highest BCUT2D eigenvalue weighted by molar-refractivity contribution is 5.93. The van der Waals surface area contributed by atoms with Crippen molar-refractivity contribution in [2.75, 3.05) is 6.61 Å². The number of ether oxygens (including phenoxy) is 1. The Hall–Kier alpha value is -2.09. The normalized spacial score (nSPS) is 42.5. The summed E-state index contributed by atoms with van der Waals surface area (Å²) in [6.45, 7) is 0.624. The van der Waals surface area contributed by atoms with E-state index in [1.54, 1.807) is 0 Å². The maximum atomic E-state index is 12.8. The lowest BCUT2D eigenvalue weighted by molar-refractivity contribution is -0.146. The highest BCUT2D eigenvalue weighted by Gasteiger charge is 2.94. The van der Waals surface area contributed by atoms with E-state index in [1.165, 1.54) is 16.7 Å². The van der Waals surface area contributed by atoms with Gasteiger partial charge in [-0.05, 0) is 29.0 Å². The number of rotatable bonds is 1. The summed E-state index contributed by atoms with van der Waals surface area (Å²) in [5.74, 6) is 1.25. The topological polar surface area (TPSA) is 26.3 Å². The number of carbonyl (C=O) groups excluding carboxylic acids is 1. The van der Waals surface area contributed by atoms with Crippen LogP contribution in [0.4, 0.5) is 0 Å². The van der Waals surface area contributed by atoms with Crippen LogP contribution in [0.5, 0.6) is 0 Å². The fourth-order valence-electron chi connectivity index (χ4n) is 6.39. The summed E-state index contributed by atoms with van der Waals surface area (Å²) in [6.07, 6.45) is 1.09. The first-order valence-corrected chi connectivity index (χ1v) is 8.13. The SMILES string of the molecule is O=C1OCC23C4CC(c5ccccc5)C12C3c1ccccc14. The van der Waals surface area contributed by atoms with E-state index in [0.717, 1.165) is 6.42 Å². The zero-order valence-electron chi connectivity index (χ0n) is 12.2. The van der Waals surface area contributed by atoms with Crippen molar-refractivity contribution < 1.29 is 9.53 Å². The van der Waals surface area contributed by atoms with Gasteiger partial charge >= 0.3 is 5.97 Å². The first kappa shape index (κ1) is 11.5. The van der Waals surface area contributed by atoms with E-state index >= 15 is 0 Å². The van der Waals surface area contributed by atoms with Crippen LogP contribution < -0.4 is 0 Å². The highest BCUT2D eigenvalue weighted by Crippen LogP contribution is 2.94. The molecule has 0 N–H and O–H groups in total. The molecule has 1 heterocycles. The molecule has 1 aliphatic heterocycles. The third kappa shape index (κ3) is 0.889. The second kappa shape index (κ2) is 3.29. The van der Waals surface area contributed by atoms with Crippen LogP contribution in [0.1, 0.15) is 40.9 Å². The van der Waals surface area contributed by atoms with Crippen molar-refractivity contribution in [2.45, 2.75) is 24.2 Å². The van der Waals surface area contributed by atoms with Crippen LogP contribution >= 0.6 is 0 Å². The van der Waals surface area contributed by atoms with Gasteiger partial charge in [-0.2, -0.15) is 0 Å². The van der Waals surface area contributed by atoms with Crippen molar-refractivity contribution in [1.82, 2.24) is 0 Å². The minimum Gasteiger partial charge on any atom is -0.465 e. The molecule has 4 aliphatic rings. The minimum absolute atomic E-state index is 0.0587. The molecule has 0 bridgehead atoms. The van der Waals surface area contributed by atoms with Gasteiger partial charge in [0.15, 0.2) is 0 Å². The fraction of sp³-hybridized carbons (Fsp3) is 0.350. The average molecular weight is 288 g/mol. The monoisotopic (exact) mass is 288 g/mol. The number of benzene rings is 2. The number of fused-ring (bicyclic) bond motifs is 3. The quantitative estimate of drug-likeness (QED) is 0.749. The number of esters is 1. The first-order valence-electron chi connectivity index (χ1n) is 8.13. The Morgan fingerprint density at radius 2 is 1.64 bits per heavy atom. The van der Waals surface area contributed by atoms with E-state index < -0.39 is 0 Å². The molecule has 22 heavy (non-hydrogen) atoms. The van der Waals surface area contributed by atoms with Gasteiger partial charge in [0, 0.05) is 17.3 Å². The molecular weight excluding hydrogens is 272 g/mol. The summed E-state index contributed by atoms with van der Waals surface area (Å²) >= 11 is 0. The van der Waals surface area contributed by atoms with E-state index in [0.29, 0.717) is 24.4 Å². The Labute approximate surface area is 129 Å². The Kier molecular flexibility index (Phi) is 1.72. The van der Waals surface area contributed by atoms with Gasteiger partial charge < -0.3 is 4.74 Å². The highest BCUT2D eigenvalue weighted by atomic mass is 16.5. The molecule has 3 aliphatic carbocycles. The summed E-state index contributed by atoms with van der Waals surface area (Å²) in [7, 11) is 0. The van der Waals surface area contributed by atoms with Crippen LogP contribution in [-0.4, -0.2) is 12.6 Å². The third-order valence-corrected chi connectivity index (χ3v) is 6.96. The van der Waals surface area contributed by atoms with E-state index in [-0.39, 0.29) is 16.8 Å². The Bertz CT molecular complexity index is 827. The van der Waals surface area contributed by atoms with Gasteiger partial charge in [-0.3, -0.25) is 4.79 Å². The van der Waals surface area contributed by atoms with Gasteiger partial charge in [0.25, 0.3) is 0 Å². The van der Waals surface area contributed by atoms with Gasteiger partial charge in [-0.15, -0.1) is 0 Å². The minimum atomic E-state index is -0.270. The molecule has 0 radical (unpaired) electrons. The lowest BCUT2D eigenvalue weighted by Crippen LogP contribution is -2.23. The maximum Gasteiger partial charge on any atom is 0.314 e. The largest absolute Gasteiger partial charge is 0.465 e. The van der Waals surface area contributed by atoms with Crippen molar-refractivity contribution in [3.05, 3.63) is 71.3 Å². The molecule has 2 saturated carbocycles. The average Bonchev–Trinajstić information content (AvgIpc) is 2.79. The Balaban J connectivity index is 1.61. The zero-order chi connectivity index (χ0) is 14.5. The van der Waals surface area contributed by atoms with Gasteiger partial charge in [0.1, 0.15) is 0 Å². The van der Waals surface area contributed by atoms with E-state index in [9.17, 15) is 4.79 Å². The van der Waals surface area contributed by atoms with E-state index in [2.05, 4.69) is 48.5 Å². The Morgan fingerprint density at radius 3 is 2.45 bits per heavy atom. The zero-order valence-corrected chi connectivity index (χ0v) is 12.2. The molecule has 5 unspecified atom stereocenters. The Morgan fingerprint density at radius 1 is 0.909 bits per heavy atom. The smallest absolute Gasteiger partial charge is 0.314 e. The van der Waals surface area contributed by atoms with Crippen molar-refractivity contribution in [1.29, 1.82) is 0 Å². The molecule has 2 aromatic rings. The lowest BCUT2D eigenvalue weighted by atomic mass is 9.81. The molecule has 1 saturated heterocycles. The number of carbonyl (C=O) groups is 1. The van der Waals surface area contributed by atoms with Crippen molar-refractivity contribution >= 4 is 5.97 Å². The summed E-state index contributed by atoms with van der Waals surface area (Å²) in [4.78, 5) is 12.8. The molecule has 2 nitrogen and oxygen atoms in total. The van der Waals surface area contributed by atoms with Crippen LogP contribution in [0.25, 0.3) is 0 Å². The van der Waals surface area contributed by atoms with E-state index in [1.807, 2.05) is 6.07 Å². The lowest BCUT2D eigenvalue weighted by Gasteiger charge is -2.23. The molecule has 0 amide bonds. The molecule has 108 valence electrons. The van der Waals surface area contributed by atoms with Crippen molar-refractivity contribution in [3.8, 4) is 0 Å². The standard InChI is InChI=1S/C20H16O2/c21-18-20-15(12-6-2-1-3-7-12)10-16-13-8-4-5-9-14(13)17(20)19(16,20)11-22-18/h1-9,15-17H,10-11H2. The van der Waals surface area contributed by atoms with Crippen LogP contribution in [0.15, 0.2) is 54.6 Å². The summed E-state index contributed by atoms with van der Waals surface area (Å²) in [5, 5.41) is 0. The predicted octanol–water partition coefficient (Wildman–Crippen LogP) is 3.60. The number of hydrogen-bond acceptors (Lipinski definition) is 2. The molecule has 2 aromatic carbocycles. The van der Waals surface area contributed by atoms with Gasteiger partial charge in [0.05, 0.1) is 12.0 Å². The number of cyclic esters (lactones) is 1. The van der Waals surface area contributed by atoms with Crippen LogP contribution in [0.2, 0.25) is 0 Å². The van der Waals surface area contributed by atoms with Gasteiger partial charge in [-0.1, -0.05) is 54.6 Å². The van der Waals surface area contributed by atoms with Crippen molar-refractivity contribution in [2.24, 2.45) is 10.8 Å². The third-order valence-electron chi connectivity index (χ3n) is 6.96. The van der Waals surface area contributed by atoms with Gasteiger partial charge in [0.2, 0.25) is 0 Å². The molecule has 3 fully saturated rings. The van der Waals surface area contributed by atoms with E-state index in [4.69, 9.17) is 4.74 Å². The second-order valence-corrected chi connectivity index (χ2v) is 7.30. The molecule has 6 rings (SSSR count). The summed E-state index contributed by atoms with van der Waals surface area (Å²) in [6, 6.07) is 19.3.